The van der Waals surface area contributed by atoms with Crippen molar-refractivity contribution in [3.05, 3.63) is 35.0 Å². The van der Waals surface area contributed by atoms with Gasteiger partial charge in [0.05, 0.1) is 4.91 Å². The maximum atomic E-state index is 12.5. The fraction of sp³-hybridized carbons (Fsp3) is 0. The van der Waals surface area contributed by atoms with Crippen molar-refractivity contribution in [1.29, 1.82) is 0 Å². The van der Waals surface area contributed by atoms with Gasteiger partial charge in [0.15, 0.2) is 4.87 Å². The molecule has 0 aliphatic rings. The summed E-state index contributed by atoms with van der Waals surface area (Å²) in [6.45, 7) is 0. The lowest BCUT2D eigenvalue weighted by Crippen LogP contribution is -2.10. The monoisotopic (exact) mass is 140 g/mol. The molecule has 1 aromatic rings. The van der Waals surface area contributed by atoms with Crippen LogP contribution in [0.4, 0.5) is 10.1 Å². The van der Waals surface area contributed by atoms with E-state index in [4.69, 9.17) is 5.84 Å². The summed E-state index contributed by atoms with van der Waals surface area (Å²) in [6.07, 6.45) is 0. The van der Waals surface area contributed by atoms with Crippen molar-refractivity contribution in [1.82, 2.24) is 0 Å². The number of hydrazine groups is 1. The topological polar surface area (TPSA) is 46.1 Å². The van der Waals surface area contributed by atoms with Crippen LogP contribution in [0.3, 0.4) is 0 Å². The highest BCUT2D eigenvalue weighted by atomic mass is 19.1. The minimum Gasteiger partial charge on any atom is -0.199 e. The van der Waals surface area contributed by atoms with E-state index in [0.717, 1.165) is 6.07 Å². The van der Waals surface area contributed by atoms with Crippen molar-refractivity contribution in [3.8, 4) is 0 Å². The van der Waals surface area contributed by atoms with E-state index < -0.39 is 5.82 Å². The van der Waals surface area contributed by atoms with Gasteiger partial charge in [0, 0.05) is 6.07 Å². The van der Waals surface area contributed by atoms with E-state index in [0.29, 0.717) is 0 Å². The highest BCUT2D eigenvalue weighted by molar-refractivity contribution is 5.29. The van der Waals surface area contributed by atoms with Crippen molar-refractivity contribution in [2.24, 2.45) is 5.84 Å². The maximum Gasteiger partial charge on any atom is 0.326 e. The third kappa shape index (κ3) is 1.10. The van der Waals surface area contributed by atoms with Crippen molar-refractivity contribution < 1.29 is 9.26 Å². The Kier molecular flexibility index (Phi) is 1.62. The molecular weight excluding hydrogens is 135 g/mol. The van der Waals surface area contributed by atoms with Gasteiger partial charge in [0.25, 0.3) is 0 Å². The van der Waals surface area contributed by atoms with Crippen molar-refractivity contribution in [2.45, 2.75) is 0 Å². The number of hydrogen-bond acceptors (Lipinski definition) is 1. The van der Waals surface area contributed by atoms with Crippen LogP contribution in [-0.4, -0.2) is 4.87 Å². The minimum absolute atomic E-state index is 0.0246. The molecule has 0 heterocycles. The molecule has 0 atom stereocenters. The number of hydrogen-bond donors (Lipinski definition) is 1. The zero-order valence-corrected chi connectivity index (χ0v) is 5.04. The summed E-state index contributed by atoms with van der Waals surface area (Å²) >= 11 is 0. The number of halogens is 1. The largest absolute Gasteiger partial charge is 0.326 e. The first kappa shape index (κ1) is 6.67. The molecular formula is C6H5FN2O+. The van der Waals surface area contributed by atoms with Crippen LogP contribution < -0.4 is 5.84 Å². The van der Waals surface area contributed by atoms with Crippen molar-refractivity contribution in [2.75, 3.05) is 0 Å². The lowest BCUT2D eigenvalue weighted by atomic mass is 10.3. The molecule has 0 unspecified atom stereocenters. The zero-order chi connectivity index (χ0) is 7.56. The van der Waals surface area contributed by atoms with Crippen LogP contribution in [0, 0.1) is 16.8 Å². The Bertz CT molecular complexity index is 262. The van der Waals surface area contributed by atoms with Gasteiger partial charge in [-0.25, -0.2) is 0 Å². The van der Waals surface area contributed by atoms with E-state index in [2.05, 4.69) is 6.07 Å². The van der Waals surface area contributed by atoms with E-state index >= 15 is 0 Å². The Morgan fingerprint density at radius 1 is 1.70 bits per heavy atom. The van der Waals surface area contributed by atoms with Gasteiger partial charge < -0.3 is 0 Å². The van der Waals surface area contributed by atoms with Crippen LogP contribution in [0.2, 0.25) is 0 Å². The molecule has 3 nitrogen and oxygen atoms in total. The molecule has 0 aromatic heterocycles. The molecule has 2 N–H and O–H groups in total. The Hall–Kier alpha value is -1.45. The second-order valence-electron chi connectivity index (χ2n) is 1.70. The van der Waals surface area contributed by atoms with Gasteiger partial charge in [-0.2, -0.15) is 10.2 Å². The van der Waals surface area contributed by atoms with Gasteiger partial charge in [-0.05, 0) is 18.2 Å². The molecule has 0 aliphatic heterocycles. The Balaban J connectivity index is 3.15. The zero-order valence-electron chi connectivity index (χ0n) is 5.04. The van der Waals surface area contributed by atoms with Crippen LogP contribution in [0.15, 0.2) is 18.2 Å². The summed E-state index contributed by atoms with van der Waals surface area (Å²) in [5, 5.41) is 0. The average molecular weight is 140 g/mol. The molecule has 0 aliphatic carbocycles. The van der Waals surface area contributed by atoms with E-state index in [1.807, 2.05) is 0 Å². The van der Waals surface area contributed by atoms with Gasteiger partial charge in [-0.3, -0.25) is 0 Å². The van der Waals surface area contributed by atoms with Crippen LogP contribution in [0.5, 0.6) is 0 Å². The summed E-state index contributed by atoms with van der Waals surface area (Å²) in [5.74, 6) is 4.07. The predicted octanol–water partition coefficient (Wildman–Crippen LogP) is 0.910. The number of rotatable bonds is 1. The fourth-order valence-corrected chi connectivity index (χ4v) is 0.581. The molecule has 51 valence electrons. The summed E-state index contributed by atoms with van der Waals surface area (Å²) in [4.78, 5) is 10.3. The molecule has 0 bridgehead atoms. The molecule has 1 rings (SSSR count). The first-order chi connectivity index (χ1) is 4.72. The average Bonchev–Trinajstić information content (AvgIpc) is 1.88. The number of nitrogens with two attached hydrogens (primary N) is 1. The van der Waals surface area contributed by atoms with Gasteiger partial charge in [-0.15, -0.1) is 0 Å². The molecule has 0 amide bonds. The first-order valence-electron chi connectivity index (χ1n) is 2.59. The van der Waals surface area contributed by atoms with Crippen LogP contribution in [0.1, 0.15) is 0 Å². The van der Waals surface area contributed by atoms with Gasteiger partial charge >= 0.3 is 5.69 Å². The molecule has 0 saturated carbocycles. The number of nitroso groups, excluding NO2 is 1. The lowest BCUT2D eigenvalue weighted by molar-refractivity contribution is -0.476. The molecule has 0 spiro atoms. The second kappa shape index (κ2) is 2.43. The van der Waals surface area contributed by atoms with E-state index in [1.54, 1.807) is 0 Å². The summed E-state index contributed by atoms with van der Waals surface area (Å²) < 4.78 is 12.5. The standard InChI is InChI=1S/C6H5FN2O/c7-5-3-1-2-4-6(5)9(8)10/h2-4H,(H2,8,10)/q+1. The molecule has 1 radical (unpaired) electrons. The van der Waals surface area contributed by atoms with Gasteiger partial charge in [0.1, 0.15) is 0 Å². The van der Waals surface area contributed by atoms with Gasteiger partial charge in [0.2, 0.25) is 5.82 Å². The quantitative estimate of drug-likeness (QED) is 0.358. The smallest absolute Gasteiger partial charge is 0.199 e. The third-order valence-corrected chi connectivity index (χ3v) is 1.03. The molecule has 0 fully saturated rings. The van der Waals surface area contributed by atoms with Crippen LogP contribution in [0.25, 0.3) is 0 Å². The Labute approximate surface area is 56.8 Å². The van der Waals surface area contributed by atoms with Crippen LogP contribution in [-0.2, 0) is 0 Å². The Morgan fingerprint density at radius 2 is 2.40 bits per heavy atom. The minimum atomic E-state index is -0.667. The van der Waals surface area contributed by atoms with E-state index in [9.17, 15) is 9.30 Å². The summed E-state index contributed by atoms with van der Waals surface area (Å²) in [6, 6.07) is 6.17. The van der Waals surface area contributed by atoms with Gasteiger partial charge in [-0.1, -0.05) is 0 Å². The third-order valence-electron chi connectivity index (χ3n) is 1.03. The SMILES string of the molecule is N[N+](=O)c1cc[c]cc1F. The number of nitrogens with zero attached hydrogens (tertiary/aromatic N) is 1. The first-order valence-corrected chi connectivity index (χ1v) is 2.59. The summed E-state index contributed by atoms with van der Waals surface area (Å²) in [5.41, 5.74) is -0.182. The maximum absolute atomic E-state index is 12.5. The normalized spacial score (nSPS) is 9.30. The van der Waals surface area contributed by atoms with E-state index in [-0.39, 0.29) is 10.6 Å². The number of benzene rings is 1. The molecule has 1 aromatic carbocycles. The highest BCUT2D eigenvalue weighted by Gasteiger charge is 2.13. The van der Waals surface area contributed by atoms with Crippen molar-refractivity contribution >= 4 is 5.69 Å². The second-order valence-corrected chi connectivity index (χ2v) is 1.70. The molecule has 4 heteroatoms. The lowest BCUT2D eigenvalue weighted by Gasteiger charge is -1.85. The highest BCUT2D eigenvalue weighted by Crippen LogP contribution is 2.12. The van der Waals surface area contributed by atoms with Crippen molar-refractivity contribution in [3.63, 3.8) is 0 Å². The van der Waals surface area contributed by atoms with E-state index in [1.165, 1.54) is 12.1 Å². The summed E-state index contributed by atoms with van der Waals surface area (Å²) in [7, 11) is 0. The molecule has 10 heavy (non-hydrogen) atoms. The fourth-order valence-electron chi connectivity index (χ4n) is 0.581. The molecule has 0 saturated heterocycles. The van der Waals surface area contributed by atoms with Crippen LogP contribution >= 0.6 is 0 Å². The Morgan fingerprint density at radius 3 is 2.80 bits per heavy atom. The predicted molar refractivity (Wildman–Crippen MR) is 32.7 cm³/mol.